The Morgan fingerprint density at radius 2 is 2.07 bits per heavy atom. The predicted molar refractivity (Wildman–Crippen MR) is 52.8 cm³/mol. The highest BCUT2D eigenvalue weighted by molar-refractivity contribution is 5.23. The van der Waals surface area contributed by atoms with E-state index in [1.807, 2.05) is 6.92 Å². The van der Waals surface area contributed by atoms with Gasteiger partial charge in [0.2, 0.25) is 0 Å². The Balaban J connectivity index is 2.91. The number of hydrogen-bond donors (Lipinski definition) is 0. The summed E-state index contributed by atoms with van der Waals surface area (Å²) in [5, 5.41) is 0. The van der Waals surface area contributed by atoms with Gasteiger partial charge in [-0.05, 0) is 36.6 Å². The molecular weight excluding hydrogens is 182 g/mol. The minimum absolute atomic E-state index is 0.0712. The van der Waals surface area contributed by atoms with Gasteiger partial charge in [-0.1, -0.05) is 6.92 Å². The summed E-state index contributed by atoms with van der Waals surface area (Å²) < 4.78 is 26.1. The summed E-state index contributed by atoms with van der Waals surface area (Å²) in [7, 11) is 0. The molecule has 0 nitrogen and oxygen atoms in total. The number of rotatable bonds is 2. The summed E-state index contributed by atoms with van der Waals surface area (Å²) in [6, 6.07) is 3.51. The van der Waals surface area contributed by atoms with E-state index in [4.69, 9.17) is 0 Å². The highest BCUT2D eigenvalue weighted by Crippen LogP contribution is 2.22. The minimum Gasteiger partial charge on any atom is -0.207 e. The average molecular weight is 194 g/mol. The summed E-state index contributed by atoms with van der Waals surface area (Å²) in [5.41, 5.74) is 0.396. The fourth-order valence-electron chi connectivity index (χ4n) is 1.26. The molecule has 0 radical (unpaired) electrons. The molecule has 0 aliphatic heterocycles. The first-order chi connectivity index (χ1) is 6.65. The molecule has 1 atom stereocenters. The highest BCUT2D eigenvalue weighted by atomic mass is 19.1. The summed E-state index contributed by atoms with van der Waals surface area (Å²) in [4.78, 5) is 0. The Labute approximate surface area is 83.0 Å². The summed E-state index contributed by atoms with van der Waals surface area (Å²) >= 11 is 0. The standard InChI is InChI=1S/C12H12F2/c1-3-4-5-9(2)11-8-10(13)6-7-12(11)14/h6-9H,5H2,1-2H3. The zero-order chi connectivity index (χ0) is 10.6. The van der Waals surface area contributed by atoms with Gasteiger partial charge in [0.15, 0.2) is 0 Å². The van der Waals surface area contributed by atoms with Crippen molar-refractivity contribution in [3.63, 3.8) is 0 Å². The van der Waals surface area contributed by atoms with E-state index in [9.17, 15) is 8.78 Å². The Kier molecular flexibility index (Phi) is 3.64. The third-order valence-corrected chi connectivity index (χ3v) is 2.07. The Bertz CT molecular complexity index is 372. The van der Waals surface area contributed by atoms with Crippen molar-refractivity contribution in [1.82, 2.24) is 0 Å². The van der Waals surface area contributed by atoms with E-state index in [1.54, 1.807) is 6.92 Å². The third kappa shape index (κ3) is 2.56. The molecule has 1 unspecified atom stereocenters. The zero-order valence-electron chi connectivity index (χ0n) is 8.27. The molecule has 0 spiro atoms. The highest BCUT2D eigenvalue weighted by Gasteiger charge is 2.10. The third-order valence-electron chi connectivity index (χ3n) is 2.07. The molecule has 0 fully saturated rings. The van der Waals surface area contributed by atoms with Crippen LogP contribution in [0, 0.1) is 23.5 Å². The van der Waals surface area contributed by atoms with Crippen molar-refractivity contribution in [2.45, 2.75) is 26.2 Å². The van der Waals surface area contributed by atoms with Crippen LogP contribution in [0.3, 0.4) is 0 Å². The van der Waals surface area contributed by atoms with Crippen molar-refractivity contribution in [3.8, 4) is 11.8 Å². The lowest BCUT2D eigenvalue weighted by atomic mass is 9.97. The molecule has 1 rings (SSSR count). The molecule has 2 heteroatoms. The van der Waals surface area contributed by atoms with Crippen molar-refractivity contribution < 1.29 is 8.78 Å². The number of benzene rings is 1. The molecule has 0 aliphatic rings. The van der Waals surface area contributed by atoms with Gasteiger partial charge in [-0.3, -0.25) is 0 Å². The first-order valence-corrected chi connectivity index (χ1v) is 4.49. The molecule has 0 bridgehead atoms. The van der Waals surface area contributed by atoms with Crippen LogP contribution in [-0.2, 0) is 0 Å². The van der Waals surface area contributed by atoms with Gasteiger partial charge in [-0.2, -0.15) is 0 Å². The minimum atomic E-state index is -0.405. The second kappa shape index (κ2) is 4.76. The first-order valence-electron chi connectivity index (χ1n) is 4.49. The van der Waals surface area contributed by atoms with E-state index >= 15 is 0 Å². The van der Waals surface area contributed by atoms with E-state index in [0.29, 0.717) is 12.0 Å². The van der Waals surface area contributed by atoms with Gasteiger partial charge in [-0.25, -0.2) is 8.78 Å². The van der Waals surface area contributed by atoms with Gasteiger partial charge in [0.05, 0.1) is 0 Å². The number of halogens is 2. The molecule has 0 aliphatic carbocycles. The molecule has 1 aromatic rings. The van der Waals surface area contributed by atoms with Gasteiger partial charge in [0.1, 0.15) is 11.6 Å². The summed E-state index contributed by atoms with van der Waals surface area (Å²) in [6.07, 6.45) is 0.552. The van der Waals surface area contributed by atoms with Crippen LogP contribution in [0.1, 0.15) is 31.7 Å². The largest absolute Gasteiger partial charge is 0.207 e. The second-order valence-corrected chi connectivity index (χ2v) is 3.20. The van der Waals surface area contributed by atoms with Crippen molar-refractivity contribution in [2.24, 2.45) is 0 Å². The Hall–Kier alpha value is -1.36. The zero-order valence-corrected chi connectivity index (χ0v) is 8.27. The van der Waals surface area contributed by atoms with Crippen molar-refractivity contribution in [2.75, 3.05) is 0 Å². The molecule has 0 aromatic heterocycles. The van der Waals surface area contributed by atoms with Crippen LogP contribution in [0.25, 0.3) is 0 Å². The molecule has 0 heterocycles. The predicted octanol–water partition coefficient (Wildman–Crippen LogP) is 3.48. The number of hydrogen-bond acceptors (Lipinski definition) is 0. The fourth-order valence-corrected chi connectivity index (χ4v) is 1.26. The molecular formula is C12H12F2. The summed E-state index contributed by atoms with van der Waals surface area (Å²) in [6.45, 7) is 3.57. The molecule has 0 saturated heterocycles. The van der Waals surface area contributed by atoms with E-state index in [1.165, 1.54) is 6.07 Å². The lowest BCUT2D eigenvalue weighted by Gasteiger charge is -2.09. The smallest absolute Gasteiger partial charge is 0.126 e. The summed E-state index contributed by atoms with van der Waals surface area (Å²) in [5.74, 6) is 4.75. The molecule has 0 N–H and O–H groups in total. The lowest BCUT2D eigenvalue weighted by Crippen LogP contribution is -1.97. The fraction of sp³-hybridized carbons (Fsp3) is 0.333. The van der Waals surface area contributed by atoms with Crippen molar-refractivity contribution in [1.29, 1.82) is 0 Å². The van der Waals surface area contributed by atoms with Gasteiger partial charge in [0.25, 0.3) is 0 Å². The SMILES string of the molecule is CC#CCC(C)c1cc(F)ccc1F. The van der Waals surface area contributed by atoms with Crippen molar-refractivity contribution in [3.05, 3.63) is 35.4 Å². The molecule has 0 saturated carbocycles. The van der Waals surface area contributed by atoms with Crippen LogP contribution in [0.15, 0.2) is 18.2 Å². The van der Waals surface area contributed by atoms with E-state index in [2.05, 4.69) is 11.8 Å². The van der Waals surface area contributed by atoms with Crippen LogP contribution in [0.5, 0.6) is 0 Å². The van der Waals surface area contributed by atoms with E-state index in [-0.39, 0.29) is 11.7 Å². The first kappa shape index (κ1) is 10.7. The van der Waals surface area contributed by atoms with Crippen LogP contribution in [0.4, 0.5) is 8.78 Å². The van der Waals surface area contributed by atoms with Gasteiger partial charge >= 0.3 is 0 Å². The maximum atomic E-state index is 13.2. The van der Waals surface area contributed by atoms with Crippen LogP contribution >= 0.6 is 0 Å². The van der Waals surface area contributed by atoms with E-state index < -0.39 is 5.82 Å². The monoisotopic (exact) mass is 194 g/mol. The maximum Gasteiger partial charge on any atom is 0.126 e. The Morgan fingerprint density at radius 1 is 1.36 bits per heavy atom. The van der Waals surface area contributed by atoms with Crippen LogP contribution in [0.2, 0.25) is 0 Å². The van der Waals surface area contributed by atoms with Gasteiger partial charge in [-0.15, -0.1) is 11.8 Å². The molecule has 0 amide bonds. The average Bonchev–Trinajstić information content (AvgIpc) is 2.18. The van der Waals surface area contributed by atoms with Gasteiger partial charge < -0.3 is 0 Å². The maximum absolute atomic E-state index is 13.2. The second-order valence-electron chi connectivity index (χ2n) is 3.20. The Morgan fingerprint density at radius 3 is 2.71 bits per heavy atom. The molecule has 14 heavy (non-hydrogen) atoms. The van der Waals surface area contributed by atoms with Crippen LogP contribution in [-0.4, -0.2) is 0 Å². The van der Waals surface area contributed by atoms with Crippen LogP contribution < -0.4 is 0 Å². The van der Waals surface area contributed by atoms with Gasteiger partial charge in [0, 0.05) is 6.42 Å². The topological polar surface area (TPSA) is 0 Å². The molecule has 1 aromatic carbocycles. The van der Waals surface area contributed by atoms with Crippen molar-refractivity contribution >= 4 is 0 Å². The quantitative estimate of drug-likeness (QED) is 0.632. The lowest BCUT2D eigenvalue weighted by molar-refractivity contribution is 0.570. The normalized spacial score (nSPS) is 11.7. The van der Waals surface area contributed by atoms with E-state index in [0.717, 1.165) is 12.1 Å². The molecule has 74 valence electrons.